The van der Waals surface area contributed by atoms with Crippen molar-refractivity contribution in [2.45, 2.75) is 6.92 Å². The van der Waals surface area contributed by atoms with Crippen LogP contribution in [0.1, 0.15) is 5.56 Å². The van der Waals surface area contributed by atoms with Gasteiger partial charge in [-0.3, -0.25) is 0 Å². The molecular formula is C17H19ClN2O2S. The van der Waals surface area contributed by atoms with Crippen LogP contribution < -0.4 is 20.1 Å². The topological polar surface area (TPSA) is 42.5 Å². The largest absolute Gasteiger partial charge is 0.493 e. The minimum atomic E-state index is 0.462. The van der Waals surface area contributed by atoms with Crippen LogP contribution in [0.3, 0.4) is 0 Å². The van der Waals surface area contributed by atoms with E-state index in [2.05, 4.69) is 10.6 Å². The second kappa shape index (κ2) is 8.60. The SMILES string of the molecule is COc1ccccc1OCCNC(=S)Nc1cccc(C)c1Cl. The second-order valence-corrected chi connectivity index (χ2v) is 5.60. The van der Waals surface area contributed by atoms with Gasteiger partial charge in [-0.2, -0.15) is 0 Å². The van der Waals surface area contributed by atoms with E-state index in [1.807, 2.05) is 49.4 Å². The van der Waals surface area contributed by atoms with Crippen LogP contribution in [0.4, 0.5) is 5.69 Å². The fraction of sp³-hybridized carbons (Fsp3) is 0.235. The lowest BCUT2D eigenvalue weighted by Gasteiger charge is -2.14. The quantitative estimate of drug-likeness (QED) is 0.608. The molecule has 0 bridgehead atoms. The highest BCUT2D eigenvalue weighted by atomic mass is 35.5. The van der Waals surface area contributed by atoms with Crippen LogP contribution >= 0.6 is 23.8 Å². The number of hydrogen-bond acceptors (Lipinski definition) is 3. The molecule has 0 spiro atoms. The molecule has 2 aromatic rings. The zero-order valence-corrected chi connectivity index (χ0v) is 14.6. The van der Waals surface area contributed by atoms with Crippen LogP contribution in [0, 0.1) is 6.92 Å². The number of nitrogens with one attached hydrogen (secondary N) is 2. The average molecular weight is 351 g/mol. The molecule has 122 valence electrons. The highest BCUT2D eigenvalue weighted by Crippen LogP contribution is 2.26. The monoisotopic (exact) mass is 350 g/mol. The van der Waals surface area contributed by atoms with E-state index in [1.165, 1.54) is 0 Å². The van der Waals surface area contributed by atoms with Crippen molar-refractivity contribution in [1.29, 1.82) is 0 Å². The van der Waals surface area contributed by atoms with Crippen molar-refractivity contribution in [3.8, 4) is 11.5 Å². The first-order valence-corrected chi connectivity index (χ1v) is 7.96. The van der Waals surface area contributed by atoms with Crippen molar-refractivity contribution in [3.05, 3.63) is 53.1 Å². The van der Waals surface area contributed by atoms with Gasteiger partial charge in [0.05, 0.1) is 24.4 Å². The summed E-state index contributed by atoms with van der Waals surface area (Å²) in [5.41, 5.74) is 1.79. The van der Waals surface area contributed by atoms with E-state index in [0.29, 0.717) is 34.8 Å². The first-order valence-electron chi connectivity index (χ1n) is 7.17. The lowest BCUT2D eigenvalue weighted by Crippen LogP contribution is -2.32. The summed E-state index contributed by atoms with van der Waals surface area (Å²) in [5.74, 6) is 1.41. The van der Waals surface area contributed by atoms with Crippen molar-refractivity contribution in [3.63, 3.8) is 0 Å². The fourth-order valence-corrected chi connectivity index (χ4v) is 2.36. The number of rotatable bonds is 6. The molecule has 23 heavy (non-hydrogen) atoms. The Balaban J connectivity index is 1.78. The lowest BCUT2D eigenvalue weighted by molar-refractivity contribution is 0.298. The number of ether oxygens (including phenoxy) is 2. The Morgan fingerprint density at radius 3 is 2.61 bits per heavy atom. The molecular weight excluding hydrogens is 332 g/mol. The fourth-order valence-electron chi connectivity index (χ4n) is 1.97. The van der Waals surface area contributed by atoms with E-state index in [0.717, 1.165) is 11.3 Å². The maximum atomic E-state index is 6.22. The van der Waals surface area contributed by atoms with Gasteiger partial charge < -0.3 is 20.1 Å². The van der Waals surface area contributed by atoms with E-state index in [-0.39, 0.29) is 0 Å². The number of methoxy groups -OCH3 is 1. The van der Waals surface area contributed by atoms with E-state index in [9.17, 15) is 0 Å². The van der Waals surface area contributed by atoms with Crippen molar-refractivity contribution in [2.24, 2.45) is 0 Å². The maximum absolute atomic E-state index is 6.22. The zero-order valence-electron chi connectivity index (χ0n) is 13.1. The number of halogens is 1. The molecule has 4 nitrogen and oxygen atoms in total. The molecule has 0 amide bonds. The third-order valence-corrected chi connectivity index (χ3v) is 3.90. The van der Waals surface area contributed by atoms with Gasteiger partial charge in [-0.05, 0) is 42.9 Å². The number of benzene rings is 2. The third kappa shape index (κ3) is 5.01. The Kier molecular flexibility index (Phi) is 6.50. The standard InChI is InChI=1S/C17H19ClN2O2S/c1-12-6-5-7-13(16(12)18)20-17(23)19-10-11-22-15-9-4-3-8-14(15)21-2/h3-9H,10-11H2,1-2H3,(H2,19,20,23). The Bertz CT molecular complexity index is 679. The second-order valence-electron chi connectivity index (χ2n) is 4.82. The summed E-state index contributed by atoms with van der Waals surface area (Å²) in [6, 6.07) is 13.3. The molecule has 0 aliphatic rings. The van der Waals surface area contributed by atoms with E-state index in [1.54, 1.807) is 7.11 Å². The van der Waals surface area contributed by atoms with Gasteiger partial charge in [0.1, 0.15) is 6.61 Å². The van der Waals surface area contributed by atoms with Gasteiger partial charge in [-0.15, -0.1) is 0 Å². The predicted molar refractivity (Wildman–Crippen MR) is 98.9 cm³/mol. The third-order valence-electron chi connectivity index (χ3n) is 3.15. The van der Waals surface area contributed by atoms with Gasteiger partial charge in [0.25, 0.3) is 0 Å². The van der Waals surface area contributed by atoms with Crippen LogP contribution in [-0.2, 0) is 0 Å². The van der Waals surface area contributed by atoms with Gasteiger partial charge in [0.15, 0.2) is 16.6 Å². The Labute approximate surface area is 146 Å². The highest BCUT2D eigenvalue weighted by molar-refractivity contribution is 7.80. The highest BCUT2D eigenvalue weighted by Gasteiger charge is 2.05. The van der Waals surface area contributed by atoms with Crippen molar-refractivity contribution < 1.29 is 9.47 Å². The van der Waals surface area contributed by atoms with Gasteiger partial charge in [0.2, 0.25) is 0 Å². The van der Waals surface area contributed by atoms with Gasteiger partial charge in [0, 0.05) is 0 Å². The number of para-hydroxylation sites is 2. The van der Waals surface area contributed by atoms with Crippen LogP contribution in [0.25, 0.3) is 0 Å². The molecule has 0 saturated heterocycles. The predicted octanol–water partition coefficient (Wildman–Crippen LogP) is 4.02. The van der Waals surface area contributed by atoms with Crippen molar-refractivity contribution >= 4 is 34.6 Å². The van der Waals surface area contributed by atoms with E-state index >= 15 is 0 Å². The molecule has 0 radical (unpaired) electrons. The smallest absolute Gasteiger partial charge is 0.170 e. The first kappa shape index (κ1) is 17.4. The maximum Gasteiger partial charge on any atom is 0.170 e. The minimum absolute atomic E-state index is 0.462. The lowest BCUT2D eigenvalue weighted by atomic mass is 10.2. The molecule has 0 atom stereocenters. The first-order chi connectivity index (χ1) is 11.1. The number of hydrogen-bond donors (Lipinski definition) is 2. The van der Waals surface area contributed by atoms with Gasteiger partial charge >= 0.3 is 0 Å². The molecule has 0 aromatic heterocycles. The van der Waals surface area contributed by atoms with Gasteiger partial charge in [-0.1, -0.05) is 35.9 Å². The van der Waals surface area contributed by atoms with Crippen LogP contribution in [0.2, 0.25) is 5.02 Å². The zero-order chi connectivity index (χ0) is 16.7. The summed E-state index contributed by atoms with van der Waals surface area (Å²) in [7, 11) is 1.62. The number of thiocarbonyl (C=S) groups is 1. The number of aryl methyl sites for hydroxylation is 1. The van der Waals surface area contributed by atoms with E-state index in [4.69, 9.17) is 33.3 Å². The summed E-state index contributed by atoms with van der Waals surface area (Å²) < 4.78 is 10.9. The van der Waals surface area contributed by atoms with Crippen LogP contribution in [0.15, 0.2) is 42.5 Å². The van der Waals surface area contributed by atoms with E-state index < -0.39 is 0 Å². The molecule has 0 unspecified atom stereocenters. The van der Waals surface area contributed by atoms with Crippen molar-refractivity contribution in [1.82, 2.24) is 5.32 Å². The minimum Gasteiger partial charge on any atom is -0.493 e. The molecule has 2 aromatic carbocycles. The molecule has 6 heteroatoms. The number of anilines is 1. The summed E-state index contributed by atoms with van der Waals surface area (Å²) in [6.07, 6.45) is 0. The summed E-state index contributed by atoms with van der Waals surface area (Å²) >= 11 is 11.5. The Morgan fingerprint density at radius 1 is 1.13 bits per heavy atom. The Hall–Kier alpha value is -1.98. The molecule has 0 fully saturated rings. The molecule has 2 rings (SSSR count). The normalized spacial score (nSPS) is 10.0. The van der Waals surface area contributed by atoms with Crippen LogP contribution in [-0.4, -0.2) is 25.4 Å². The van der Waals surface area contributed by atoms with Gasteiger partial charge in [-0.25, -0.2) is 0 Å². The average Bonchev–Trinajstić information content (AvgIpc) is 2.56. The van der Waals surface area contributed by atoms with Crippen LogP contribution in [0.5, 0.6) is 11.5 Å². The molecule has 0 heterocycles. The summed E-state index contributed by atoms with van der Waals surface area (Å²) in [5, 5.41) is 7.33. The van der Waals surface area contributed by atoms with Crippen molar-refractivity contribution in [2.75, 3.05) is 25.6 Å². The molecule has 2 N–H and O–H groups in total. The summed E-state index contributed by atoms with van der Waals surface area (Å²) in [6.45, 7) is 2.97. The molecule has 0 saturated carbocycles. The summed E-state index contributed by atoms with van der Waals surface area (Å²) in [4.78, 5) is 0. The Morgan fingerprint density at radius 2 is 1.87 bits per heavy atom. The molecule has 0 aliphatic heterocycles. The molecule has 0 aliphatic carbocycles.